The fourth-order valence-corrected chi connectivity index (χ4v) is 7.32. The molecule has 2 fully saturated rings. The van der Waals surface area contributed by atoms with Gasteiger partial charge >= 0.3 is 0 Å². The fourth-order valence-electron chi connectivity index (χ4n) is 6.87. The summed E-state index contributed by atoms with van der Waals surface area (Å²) in [7, 11) is 0. The molecular weight excluding hydrogens is 726 g/mol. The summed E-state index contributed by atoms with van der Waals surface area (Å²) in [6.07, 6.45) is 5.08. The molecule has 0 saturated carbocycles. The Hall–Kier alpha value is -4.90. The van der Waals surface area contributed by atoms with Gasteiger partial charge in [0, 0.05) is 47.1 Å². The van der Waals surface area contributed by atoms with Crippen LogP contribution in [0.1, 0.15) is 72.9 Å². The number of nitriles is 1. The van der Waals surface area contributed by atoms with Gasteiger partial charge in [-0.3, -0.25) is 14.7 Å². The van der Waals surface area contributed by atoms with Crippen molar-refractivity contribution in [1.29, 1.82) is 5.26 Å². The number of hydrogen-bond donors (Lipinski definition) is 2. The van der Waals surface area contributed by atoms with Crippen molar-refractivity contribution in [2.75, 3.05) is 36.8 Å². The molecule has 15 heteroatoms. The zero-order chi connectivity index (χ0) is 37.7. The van der Waals surface area contributed by atoms with Crippen LogP contribution in [-0.2, 0) is 0 Å². The first-order chi connectivity index (χ1) is 25.2. The lowest BCUT2D eigenvalue weighted by Crippen LogP contribution is -2.58. The third-order valence-corrected chi connectivity index (χ3v) is 10.3. The largest absolute Gasteiger partial charge is 0.373 e. The van der Waals surface area contributed by atoms with Gasteiger partial charge in [-0.25, -0.2) is 17.9 Å². The van der Waals surface area contributed by atoms with E-state index in [9.17, 15) is 23.2 Å². The second-order valence-electron chi connectivity index (χ2n) is 14.5. The van der Waals surface area contributed by atoms with Crippen LogP contribution in [0.25, 0.3) is 10.9 Å². The Morgan fingerprint density at radius 1 is 1.04 bits per heavy atom. The van der Waals surface area contributed by atoms with Crippen molar-refractivity contribution in [1.82, 2.24) is 29.8 Å². The summed E-state index contributed by atoms with van der Waals surface area (Å²) in [4.78, 5) is 21.2. The van der Waals surface area contributed by atoms with E-state index in [-0.39, 0.29) is 32.8 Å². The van der Waals surface area contributed by atoms with E-state index in [1.807, 2.05) is 16.9 Å². The zero-order valence-electron chi connectivity index (χ0n) is 29.2. The molecular formula is C38H36Cl2F3N9O. The van der Waals surface area contributed by atoms with Gasteiger partial charge in [0.05, 0.1) is 58.2 Å². The minimum Gasteiger partial charge on any atom is -0.373 e. The van der Waals surface area contributed by atoms with Crippen molar-refractivity contribution < 1.29 is 18.0 Å². The Kier molecular flexibility index (Phi) is 9.74. The van der Waals surface area contributed by atoms with Crippen LogP contribution in [0.3, 0.4) is 0 Å². The van der Waals surface area contributed by atoms with E-state index in [4.69, 9.17) is 23.2 Å². The van der Waals surface area contributed by atoms with Gasteiger partial charge in [0.1, 0.15) is 17.6 Å². The molecule has 0 radical (unpaired) electrons. The molecule has 53 heavy (non-hydrogen) atoms. The van der Waals surface area contributed by atoms with Crippen LogP contribution in [0.4, 0.5) is 30.2 Å². The van der Waals surface area contributed by atoms with Crippen molar-refractivity contribution in [3.63, 3.8) is 0 Å². The number of amides is 1. The molecule has 0 bridgehead atoms. The second-order valence-corrected chi connectivity index (χ2v) is 15.3. The fraction of sp³-hybridized carbons (Fsp3) is 0.342. The Labute approximate surface area is 314 Å². The number of benzene rings is 3. The first-order valence-electron chi connectivity index (χ1n) is 17.1. The lowest BCUT2D eigenvalue weighted by Gasteiger charge is -2.40. The molecule has 0 spiro atoms. The molecule has 1 unspecified atom stereocenters. The number of aromatic nitrogens is 4. The Morgan fingerprint density at radius 3 is 2.45 bits per heavy atom. The number of hydrogen-bond acceptors (Lipinski definition) is 8. The normalized spacial score (nSPS) is 16.9. The van der Waals surface area contributed by atoms with Crippen LogP contribution in [0.2, 0.25) is 10.0 Å². The van der Waals surface area contributed by atoms with Gasteiger partial charge in [-0.05, 0) is 81.6 Å². The number of alkyl halides is 2. The average molecular weight is 763 g/mol. The summed E-state index contributed by atoms with van der Waals surface area (Å²) < 4.78 is 43.2. The van der Waals surface area contributed by atoms with Crippen molar-refractivity contribution in [3.05, 3.63) is 105 Å². The first-order valence-corrected chi connectivity index (χ1v) is 17.9. The van der Waals surface area contributed by atoms with Crippen LogP contribution < -0.4 is 10.6 Å². The van der Waals surface area contributed by atoms with Gasteiger partial charge in [0.25, 0.3) is 11.8 Å². The predicted octanol–water partition coefficient (Wildman–Crippen LogP) is 8.62. The molecule has 1 atom stereocenters. The van der Waals surface area contributed by atoms with Crippen LogP contribution in [0, 0.1) is 17.1 Å². The first kappa shape index (κ1) is 36.5. The molecule has 274 valence electrons. The number of pyridine rings is 1. The molecule has 2 aromatic heterocycles. The molecule has 5 aromatic rings. The van der Waals surface area contributed by atoms with Crippen LogP contribution in [-0.4, -0.2) is 73.3 Å². The summed E-state index contributed by atoms with van der Waals surface area (Å²) >= 11 is 12.9. The van der Waals surface area contributed by atoms with Crippen LogP contribution in [0.15, 0.2) is 67.0 Å². The number of fused-ring (bicyclic) bond motifs is 1. The van der Waals surface area contributed by atoms with Gasteiger partial charge in [0.2, 0.25) is 0 Å². The SMILES string of the molecule is CC(C)(C)N1CCC(n2cc(C(Nc3cc(Cl)c4ncc(C#N)c(Nc5ccc(F)c(Cl)c5)c4c3)c3cccc(C(=O)N4CC(F)(F)C4)c3)nn2)CC1. The molecule has 1 amide bonds. The van der Waals surface area contributed by atoms with E-state index < -0.39 is 36.8 Å². The highest BCUT2D eigenvalue weighted by molar-refractivity contribution is 6.36. The number of nitrogens with one attached hydrogen (secondary N) is 2. The molecule has 3 aromatic carbocycles. The minimum atomic E-state index is -2.90. The number of carbonyl (C=O) groups is 1. The molecule has 2 aliphatic rings. The molecule has 10 nitrogen and oxygen atoms in total. The minimum absolute atomic E-state index is 0.0635. The smallest absolute Gasteiger partial charge is 0.282 e. The van der Waals surface area contributed by atoms with Crippen LogP contribution in [0.5, 0.6) is 0 Å². The lowest BCUT2D eigenvalue weighted by molar-refractivity contribution is -0.113. The lowest BCUT2D eigenvalue weighted by atomic mass is 9.98. The summed E-state index contributed by atoms with van der Waals surface area (Å²) in [5, 5.41) is 26.5. The third kappa shape index (κ3) is 7.62. The average Bonchev–Trinajstić information content (AvgIpc) is 3.61. The van der Waals surface area contributed by atoms with E-state index in [2.05, 4.69) is 57.7 Å². The maximum absolute atomic E-state index is 14.0. The number of likely N-dealkylation sites (tertiary alicyclic amines) is 2. The number of nitrogens with zero attached hydrogens (tertiary/aromatic N) is 7. The van der Waals surface area contributed by atoms with Crippen molar-refractivity contribution in [2.24, 2.45) is 0 Å². The van der Waals surface area contributed by atoms with E-state index in [1.165, 1.54) is 24.4 Å². The number of piperidine rings is 1. The highest BCUT2D eigenvalue weighted by atomic mass is 35.5. The topological polar surface area (TPSA) is 115 Å². The standard InChI is InChI=1S/C38H36Cl2F3N9O/c1-37(2,3)51-11-9-27(10-12-51)52-19-32(48-49-52)34(22-5-4-6-23(13-22)36(53)50-20-38(42,43)21-50)47-26-14-28-33(46-25-7-8-31(41)29(39)15-25)24(17-44)18-45-35(28)30(40)16-26/h4-8,13-16,18-19,27,34,47H,9-12,20-21H2,1-3H3,(H,45,46). The maximum Gasteiger partial charge on any atom is 0.282 e. The molecule has 2 saturated heterocycles. The van der Waals surface area contributed by atoms with Crippen LogP contribution >= 0.6 is 23.2 Å². The zero-order valence-corrected chi connectivity index (χ0v) is 30.7. The highest BCUT2D eigenvalue weighted by Gasteiger charge is 2.46. The number of halogens is 5. The Balaban J connectivity index is 1.26. The van der Waals surface area contributed by atoms with Crippen molar-refractivity contribution in [2.45, 2.75) is 57.2 Å². The Morgan fingerprint density at radius 2 is 1.77 bits per heavy atom. The monoisotopic (exact) mass is 761 g/mol. The van der Waals surface area contributed by atoms with Crippen molar-refractivity contribution in [3.8, 4) is 6.07 Å². The third-order valence-electron chi connectivity index (χ3n) is 9.75. The maximum atomic E-state index is 14.0. The summed E-state index contributed by atoms with van der Waals surface area (Å²) in [6.45, 7) is 7.19. The number of carbonyl (C=O) groups excluding carboxylic acids is 1. The van der Waals surface area contributed by atoms with Gasteiger partial charge in [-0.2, -0.15) is 5.26 Å². The van der Waals surface area contributed by atoms with Gasteiger partial charge in [-0.1, -0.05) is 40.5 Å². The van der Waals surface area contributed by atoms with Crippen molar-refractivity contribution >= 4 is 57.1 Å². The summed E-state index contributed by atoms with van der Waals surface area (Å²) in [5.41, 5.74) is 3.50. The van der Waals surface area contributed by atoms with E-state index in [0.717, 1.165) is 30.8 Å². The van der Waals surface area contributed by atoms with E-state index >= 15 is 0 Å². The molecule has 2 N–H and O–H groups in total. The van der Waals surface area contributed by atoms with E-state index in [0.29, 0.717) is 39.2 Å². The highest BCUT2D eigenvalue weighted by Crippen LogP contribution is 2.38. The number of anilines is 3. The second kappa shape index (κ2) is 14.2. The van der Waals surface area contributed by atoms with Gasteiger partial charge in [0.15, 0.2) is 0 Å². The molecule has 4 heterocycles. The molecule has 7 rings (SSSR count). The summed E-state index contributed by atoms with van der Waals surface area (Å²) in [5.74, 6) is -3.98. The molecule has 2 aliphatic heterocycles. The number of rotatable bonds is 8. The quantitative estimate of drug-likeness (QED) is 0.162. The summed E-state index contributed by atoms with van der Waals surface area (Å²) in [6, 6.07) is 16.0. The van der Waals surface area contributed by atoms with Gasteiger partial charge in [-0.15, -0.1) is 5.10 Å². The molecule has 0 aliphatic carbocycles. The Bertz CT molecular complexity index is 2230. The van der Waals surface area contributed by atoms with Gasteiger partial charge < -0.3 is 15.5 Å². The van der Waals surface area contributed by atoms with E-state index in [1.54, 1.807) is 30.3 Å². The predicted molar refractivity (Wildman–Crippen MR) is 199 cm³/mol.